The summed E-state index contributed by atoms with van der Waals surface area (Å²) < 4.78 is 47.4. The normalized spacial score (nSPS) is 12.4. The summed E-state index contributed by atoms with van der Waals surface area (Å²) in [6.07, 6.45) is 2.63. The van der Waals surface area contributed by atoms with Gasteiger partial charge >= 0.3 is 0 Å². The van der Waals surface area contributed by atoms with Gasteiger partial charge in [0.15, 0.2) is 11.6 Å². The van der Waals surface area contributed by atoms with E-state index in [1.165, 1.54) is 6.92 Å². The van der Waals surface area contributed by atoms with Crippen LogP contribution in [0.1, 0.15) is 367 Å². The van der Waals surface area contributed by atoms with Gasteiger partial charge in [-0.1, -0.05) is 112 Å². The fourth-order valence-electron chi connectivity index (χ4n) is 5.23. The van der Waals surface area contributed by atoms with Crippen molar-refractivity contribution in [1.29, 1.82) is 0 Å². The molecule has 0 heterocycles. The zero-order chi connectivity index (χ0) is 85.6. The molecule has 0 rings (SSSR count). The maximum Gasteiger partial charge on any atom is 0.249 e. The monoisotopic (exact) mass is 1520 g/mol. The average molecular weight is 1530 g/mol. The van der Waals surface area contributed by atoms with Gasteiger partial charge in [0.25, 0.3) is 0 Å². The molecule has 0 bridgehead atoms. The van der Waals surface area contributed by atoms with Crippen molar-refractivity contribution in [2.45, 2.75) is 440 Å². The third-order valence-electron chi connectivity index (χ3n) is 11.6. The molecular formula is C85H189N3O17. The van der Waals surface area contributed by atoms with Crippen LogP contribution >= 0.6 is 0 Å². The van der Waals surface area contributed by atoms with Gasteiger partial charge in [-0.2, -0.15) is 0 Å². The molecule has 1 unspecified atom stereocenters. The van der Waals surface area contributed by atoms with Gasteiger partial charge in [-0.15, -0.1) is 0 Å². The highest BCUT2D eigenvalue weighted by Crippen LogP contribution is 2.29. The van der Waals surface area contributed by atoms with Crippen molar-refractivity contribution in [3.63, 3.8) is 0 Å². The Kier molecular flexibility index (Phi) is 76.5. The zero-order valence-electron chi connectivity index (χ0n) is 76.2. The number of ketones is 3. The van der Waals surface area contributed by atoms with Gasteiger partial charge in [0, 0.05) is 25.5 Å². The Bertz CT molecular complexity index is 2020. The van der Waals surface area contributed by atoms with Crippen molar-refractivity contribution < 1.29 is 81.9 Å². The number of methoxy groups -OCH3 is 1. The summed E-state index contributed by atoms with van der Waals surface area (Å²) in [5.74, 6) is 1.04. The van der Waals surface area contributed by atoms with Crippen molar-refractivity contribution in [3.05, 3.63) is 12.3 Å². The molecule has 0 aromatic carbocycles. The maximum atomic E-state index is 11.0. The predicted octanol–water partition coefficient (Wildman–Crippen LogP) is 19.6. The molecule has 0 radical (unpaired) electrons. The molecule has 20 heteroatoms. The lowest BCUT2D eigenvalue weighted by Gasteiger charge is -2.33. The van der Waals surface area contributed by atoms with E-state index in [1.54, 1.807) is 62.5 Å². The minimum atomic E-state index is -0.877. The van der Waals surface area contributed by atoms with E-state index in [4.69, 9.17) is 59.8 Å². The standard InChI is InChI=1S/C10H20O.C9H18O2.C8H17NO2.C8H18O2.C8H18O.C7H16O2.C7H14O2.C7H16O.C6H13NO2.C6H15NO.C6H12O.3CH4/c1-8(2)7-9(3)11-10(4,5)6;1-7(10)9(5,6)11-8(2,3)4;1-7(2,3)11-8(4,5)6(9)10;1-7(2,3)10-6-8(4,5)9;1-5-7(9)6-8(2,3)4;1-7(2,3)9-6-5-8-4;1-6(8)5-9-7(2,3)4;1-6(2,3)7(4,5)8;1-6(2,3)9-4-5(7)8;1-6(2,3)8-5-4-7;1-5(7)6(2,3)4;;;/h8H,3,7H2,1-2,4-6H3;1-6H3;1-5H3,(H2,9,10);9H,6H2,1-5H3;7,9H,5-6H2,1-4H3;5-6H2,1-4H3;5H2,1-4H3;8H,1-5H3;4H2,1-3H3,(H2,7,8);4-5,7H2,1-3H3;1-4H3;3*1H4. The van der Waals surface area contributed by atoms with E-state index in [0.717, 1.165) is 25.0 Å². The predicted molar refractivity (Wildman–Crippen MR) is 451 cm³/mol. The summed E-state index contributed by atoms with van der Waals surface area (Å²) >= 11 is 0. The molecule has 2 amide bonds. The van der Waals surface area contributed by atoms with E-state index in [2.05, 4.69) is 41.2 Å². The number of allylic oxidation sites excluding steroid dienone is 1. The van der Waals surface area contributed by atoms with Crippen LogP contribution in [0.4, 0.5) is 0 Å². The fourth-order valence-corrected chi connectivity index (χ4v) is 5.23. The summed E-state index contributed by atoms with van der Waals surface area (Å²) in [6.45, 7) is 97.4. The van der Waals surface area contributed by atoms with Gasteiger partial charge < -0.3 is 75.2 Å². The Labute approximate surface area is 653 Å². The minimum Gasteiger partial charge on any atom is -0.493 e. The lowest BCUT2D eigenvalue weighted by Crippen LogP contribution is -2.45. The molecular weight excluding hydrogens is 1330 g/mol. The number of hydrogen-bond acceptors (Lipinski definition) is 18. The molecule has 9 N–H and O–H groups in total. The first-order valence-electron chi connectivity index (χ1n) is 36.3. The first kappa shape index (κ1) is 134. The van der Waals surface area contributed by atoms with Crippen LogP contribution in [-0.4, -0.2) is 171 Å². The number of carbonyl (C=O) groups is 5. The van der Waals surface area contributed by atoms with E-state index >= 15 is 0 Å². The second-order valence-corrected chi connectivity index (χ2v) is 39.1. The Morgan fingerprint density at radius 2 is 0.752 bits per heavy atom. The summed E-state index contributed by atoms with van der Waals surface area (Å²) in [4.78, 5) is 52.8. The van der Waals surface area contributed by atoms with Crippen LogP contribution < -0.4 is 17.2 Å². The molecule has 0 aliphatic rings. The van der Waals surface area contributed by atoms with E-state index in [0.29, 0.717) is 38.9 Å². The Morgan fingerprint density at radius 1 is 0.448 bits per heavy atom. The number of hydrogen-bond donors (Lipinski definition) is 6. The van der Waals surface area contributed by atoms with Crippen molar-refractivity contribution in [2.75, 3.05) is 53.3 Å². The molecule has 0 aromatic heterocycles. The van der Waals surface area contributed by atoms with Gasteiger partial charge in [-0.3, -0.25) is 24.0 Å². The van der Waals surface area contributed by atoms with Gasteiger partial charge in [-0.05, 0) is 272 Å². The molecule has 1 atom stereocenters. The molecule has 0 aliphatic carbocycles. The first-order chi connectivity index (χ1) is 43.9. The van der Waals surface area contributed by atoms with Crippen molar-refractivity contribution in [1.82, 2.24) is 0 Å². The van der Waals surface area contributed by atoms with Gasteiger partial charge in [-0.25, -0.2) is 0 Å². The van der Waals surface area contributed by atoms with Crippen LogP contribution in [0.2, 0.25) is 0 Å². The minimum absolute atomic E-state index is 0. The molecule has 0 saturated carbocycles. The molecule has 0 fully saturated rings. The molecule has 0 saturated heterocycles. The Hall–Kier alpha value is -2.99. The SMILES string of the molecule is C.C.C.C=C(CC(C)C)OC(C)(C)C.CC(=O)C(C)(C)C.CC(=O)C(C)(C)OC(C)(C)C.CC(=O)COC(C)(C)C.CC(C)(C)C(C)(C)O.CC(C)(C)OC(C)(C)C(N)=O.CC(C)(C)OCC(N)=O.CC(C)(C)OCCN.CC(C)(O)COC(C)(C)C.CCC(O)CC(C)(C)C.COCCOC(C)(C)C. The van der Waals surface area contributed by atoms with Crippen molar-refractivity contribution >= 4 is 29.2 Å². The number of ether oxygens (including phenoxy) is 9. The number of amides is 2. The smallest absolute Gasteiger partial charge is 0.249 e. The van der Waals surface area contributed by atoms with E-state index in [9.17, 15) is 39.3 Å². The van der Waals surface area contributed by atoms with Crippen molar-refractivity contribution in [3.8, 4) is 0 Å². The number of nitrogens with two attached hydrogens (primary N) is 3. The quantitative estimate of drug-likeness (QED) is 0.0487. The topological polar surface area (TPSA) is 307 Å². The Balaban J connectivity index is -0.0000000723. The highest BCUT2D eigenvalue weighted by atomic mass is 16.5. The van der Waals surface area contributed by atoms with E-state index < -0.39 is 34.2 Å². The number of Topliss-reactive ketones (excluding diaryl/α,β-unsaturated/α-hetero) is 3. The molecule has 0 aliphatic heterocycles. The molecule has 20 nitrogen and oxygen atoms in total. The fraction of sp³-hybridized carbons (Fsp3) is 0.918. The number of aliphatic hydroxyl groups excluding tert-OH is 1. The Morgan fingerprint density at radius 3 is 0.876 bits per heavy atom. The largest absolute Gasteiger partial charge is 0.493 e. The molecule has 0 aromatic rings. The van der Waals surface area contributed by atoms with Crippen LogP contribution in [0.15, 0.2) is 12.3 Å². The number of primary amides is 2. The number of carbonyl (C=O) groups excluding carboxylic acids is 5. The zero-order valence-corrected chi connectivity index (χ0v) is 76.2. The lowest BCUT2D eigenvalue weighted by atomic mass is 9.79. The third kappa shape index (κ3) is 147. The van der Waals surface area contributed by atoms with Gasteiger partial charge in [0.1, 0.15) is 35.8 Å². The maximum absolute atomic E-state index is 11.0. The number of aliphatic hydroxyl groups is 3. The second-order valence-electron chi connectivity index (χ2n) is 39.1. The second kappa shape index (κ2) is 59.8. The number of rotatable bonds is 20. The third-order valence-corrected chi connectivity index (χ3v) is 11.6. The first-order valence-corrected chi connectivity index (χ1v) is 36.3. The van der Waals surface area contributed by atoms with Crippen LogP contribution in [-0.2, 0) is 66.6 Å². The summed E-state index contributed by atoms with van der Waals surface area (Å²) in [5.41, 5.74) is 11.1. The van der Waals surface area contributed by atoms with Gasteiger partial charge in [0.2, 0.25) is 11.8 Å². The van der Waals surface area contributed by atoms with Crippen LogP contribution in [0.3, 0.4) is 0 Å². The summed E-state index contributed by atoms with van der Waals surface area (Å²) in [6, 6.07) is 0. The van der Waals surface area contributed by atoms with Gasteiger partial charge in [0.05, 0.1) is 88.7 Å². The highest BCUT2D eigenvalue weighted by molar-refractivity contribution is 5.84. The lowest BCUT2D eigenvalue weighted by molar-refractivity contribution is -0.156. The van der Waals surface area contributed by atoms with Crippen LogP contribution in [0, 0.1) is 22.2 Å². The highest BCUT2D eigenvalue weighted by Gasteiger charge is 2.32. The average Bonchev–Trinajstić information content (AvgIpc) is 0.877. The van der Waals surface area contributed by atoms with Crippen LogP contribution in [0.5, 0.6) is 0 Å². The van der Waals surface area contributed by atoms with Crippen LogP contribution in [0.25, 0.3) is 0 Å². The summed E-state index contributed by atoms with van der Waals surface area (Å²) in [5, 5.41) is 27.8. The van der Waals surface area contributed by atoms with E-state index in [-0.39, 0.29) is 120 Å². The van der Waals surface area contributed by atoms with Crippen molar-refractivity contribution in [2.24, 2.45) is 39.4 Å². The summed E-state index contributed by atoms with van der Waals surface area (Å²) in [7, 11) is 1.67. The molecule has 0 spiro atoms. The molecule has 105 heavy (non-hydrogen) atoms. The van der Waals surface area contributed by atoms with E-state index in [1.807, 2.05) is 228 Å². The molecule has 646 valence electrons.